The summed E-state index contributed by atoms with van der Waals surface area (Å²) in [4.78, 5) is 18.6. The molecule has 3 rings (SSSR count). The minimum atomic E-state index is 0.347. The van der Waals surface area contributed by atoms with Crippen molar-refractivity contribution in [2.24, 2.45) is 5.41 Å². The molecule has 0 bridgehead atoms. The van der Waals surface area contributed by atoms with Gasteiger partial charge in [0.05, 0.1) is 6.54 Å². The minimum Gasteiger partial charge on any atom is -0.342 e. The van der Waals surface area contributed by atoms with Crippen molar-refractivity contribution < 1.29 is 4.79 Å². The molecule has 3 aliphatic heterocycles. The van der Waals surface area contributed by atoms with Crippen LogP contribution >= 0.6 is 0 Å². The molecule has 4 heteroatoms. The highest BCUT2D eigenvalue weighted by molar-refractivity contribution is 5.78. The molecule has 4 nitrogen and oxygen atoms in total. The predicted octanol–water partition coefficient (Wildman–Crippen LogP) is -0.144. The summed E-state index contributed by atoms with van der Waals surface area (Å²) >= 11 is 0. The van der Waals surface area contributed by atoms with Crippen molar-refractivity contribution >= 4 is 5.91 Å². The van der Waals surface area contributed by atoms with Crippen molar-refractivity contribution in [2.75, 3.05) is 52.9 Å². The van der Waals surface area contributed by atoms with Crippen molar-refractivity contribution in [1.82, 2.24) is 14.7 Å². The van der Waals surface area contributed by atoms with Gasteiger partial charge < -0.3 is 9.80 Å². The lowest BCUT2D eigenvalue weighted by Crippen LogP contribution is -2.71. The third-order valence-electron chi connectivity index (χ3n) is 4.15. The standard InChI is InChI=1S/C12H21N3O/c1-13-7-12(8-13)9-14(10-12)6-11(16)15-4-2-3-5-15/h2-10H2,1H3. The molecule has 3 heterocycles. The van der Waals surface area contributed by atoms with Gasteiger partial charge >= 0.3 is 0 Å². The quantitative estimate of drug-likeness (QED) is 0.652. The van der Waals surface area contributed by atoms with Crippen LogP contribution < -0.4 is 0 Å². The van der Waals surface area contributed by atoms with E-state index < -0.39 is 0 Å². The van der Waals surface area contributed by atoms with Crippen molar-refractivity contribution in [3.63, 3.8) is 0 Å². The molecule has 0 unspecified atom stereocenters. The second-order valence-electron chi connectivity index (χ2n) is 5.91. The Morgan fingerprint density at radius 3 is 2.31 bits per heavy atom. The summed E-state index contributed by atoms with van der Waals surface area (Å²) in [7, 11) is 2.17. The lowest BCUT2D eigenvalue weighted by Gasteiger charge is -2.59. The molecule has 16 heavy (non-hydrogen) atoms. The molecule has 90 valence electrons. The van der Waals surface area contributed by atoms with Gasteiger partial charge in [0.15, 0.2) is 0 Å². The van der Waals surface area contributed by atoms with Crippen molar-refractivity contribution in [3.05, 3.63) is 0 Å². The lowest BCUT2D eigenvalue weighted by molar-refractivity contribution is -0.142. The number of hydrogen-bond donors (Lipinski definition) is 0. The molecule has 0 aliphatic carbocycles. The van der Waals surface area contributed by atoms with Gasteiger partial charge in [0.1, 0.15) is 0 Å². The highest BCUT2D eigenvalue weighted by Crippen LogP contribution is 2.38. The maximum atomic E-state index is 11.9. The smallest absolute Gasteiger partial charge is 0.236 e. The van der Waals surface area contributed by atoms with E-state index in [4.69, 9.17) is 0 Å². The van der Waals surface area contributed by atoms with Gasteiger partial charge in [0.25, 0.3) is 0 Å². The van der Waals surface area contributed by atoms with Crippen molar-refractivity contribution in [3.8, 4) is 0 Å². The second kappa shape index (κ2) is 3.70. The number of carbonyl (C=O) groups is 1. The Kier molecular flexibility index (Phi) is 2.44. The predicted molar refractivity (Wildman–Crippen MR) is 62.2 cm³/mol. The number of carbonyl (C=O) groups excluding carboxylic acids is 1. The molecule has 0 atom stereocenters. The molecular weight excluding hydrogens is 202 g/mol. The molecule has 0 saturated carbocycles. The van der Waals surface area contributed by atoms with Crippen LogP contribution in [0.2, 0.25) is 0 Å². The molecule has 0 N–H and O–H groups in total. The fourth-order valence-corrected chi connectivity index (χ4v) is 3.57. The topological polar surface area (TPSA) is 26.8 Å². The van der Waals surface area contributed by atoms with Crippen LogP contribution in [0.15, 0.2) is 0 Å². The molecule has 0 aromatic heterocycles. The summed E-state index contributed by atoms with van der Waals surface area (Å²) in [5.74, 6) is 0.347. The zero-order chi connectivity index (χ0) is 11.2. The third kappa shape index (κ3) is 1.74. The van der Waals surface area contributed by atoms with E-state index in [0.717, 1.165) is 26.2 Å². The minimum absolute atomic E-state index is 0.347. The molecule has 0 radical (unpaired) electrons. The van der Waals surface area contributed by atoms with E-state index >= 15 is 0 Å². The number of rotatable bonds is 2. The summed E-state index contributed by atoms with van der Waals surface area (Å²) in [5.41, 5.74) is 0.556. The first-order valence-electron chi connectivity index (χ1n) is 6.36. The SMILES string of the molecule is CN1CC2(C1)CN(CC(=O)N1CCCC1)C2. The van der Waals surface area contributed by atoms with Gasteiger partial charge in [-0.2, -0.15) is 0 Å². The van der Waals surface area contributed by atoms with E-state index in [0.29, 0.717) is 17.9 Å². The van der Waals surface area contributed by atoms with Crippen LogP contribution in [0.3, 0.4) is 0 Å². The maximum Gasteiger partial charge on any atom is 0.236 e. The van der Waals surface area contributed by atoms with Gasteiger partial charge in [0, 0.05) is 44.7 Å². The van der Waals surface area contributed by atoms with Gasteiger partial charge in [-0.3, -0.25) is 9.69 Å². The summed E-state index contributed by atoms with van der Waals surface area (Å²) < 4.78 is 0. The molecule has 3 saturated heterocycles. The average Bonchev–Trinajstić information content (AvgIpc) is 2.64. The van der Waals surface area contributed by atoms with Crippen LogP contribution in [-0.2, 0) is 4.79 Å². The van der Waals surface area contributed by atoms with E-state index in [9.17, 15) is 4.79 Å². The Morgan fingerprint density at radius 1 is 1.12 bits per heavy atom. The fraction of sp³-hybridized carbons (Fsp3) is 0.917. The Bertz CT molecular complexity index is 285. The summed E-state index contributed by atoms with van der Waals surface area (Å²) in [6, 6.07) is 0. The highest BCUT2D eigenvalue weighted by Gasteiger charge is 2.50. The first-order chi connectivity index (χ1) is 7.67. The first kappa shape index (κ1) is 10.5. The van der Waals surface area contributed by atoms with Crippen molar-refractivity contribution in [1.29, 1.82) is 0 Å². The largest absolute Gasteiger partial charge is 0.342 e. The zero-order valence-electron chi connectivity index (χ0n) is 10.1. The second-order valence-corrected chi connectivity index (χ2v) is 5.91. The fourth-order valence-electron chi connectivity index (χ4n) is 3.57. The van der Waals surface area contributed by atoms with E-state index in [-0.39, 0.29) is 0 Å². The van der Waals surface area contributed by atoms with Gasteiger partial charge in [0.2, 0.25) is 5.91 Å². The monoisotopic (exact) mass is 223 g/mol. The van der Waals surface area contributed by atoms with Crippen LogP contribution in [0.4, 0.5) is 0 Å². The van der Waals surface area contributed by atoms with Crippen molar-refractivity contribution in [2.45, 2.75) is 12.8 Å². The van der Waals surface area contributed by atoms with E-state index in [1.54, 1.807) is 0 Å². The summed E-state index contributed by atoms with van der Waals surface area (Å²) in [5, 5.41) is 0. The van der Waals surface area contributed by atoms with Crippen LogP contribution in [0, 0.1) is 5.41 Å². The lowest BCUT2D eigenvalue weighted by atomic mass is 9.73. The summed E-state index contributed by atoms with van der Waals surface area (Å²) in [6.07, 6.45) is 2.39. The van der Waals surface area contributed by atoms with E-state index in [1.165, 1.54) is 25.9 Å². The number of hydrogen-bond acceptors (Lipinski definition) is 3. The van der Waals surface area contributed by atoms with Gasteiger partial charge in [-0.1, -0.05) is 0 Å². The molecule has 3 fully saturated rings. The Morgan fingerprint density at radius 2 is 1.75 bits per heavy atom. The number of nitrogens with zero attached hydrogens (tertiary/aromatic N) is 3. The van der Waals surface area contributed by atoms with Crippen LogP contribution in [-0.4, -0.2) is 73.5 Å². The normalized spacial score (nSPS) is 29.2. The Balaban J connectivity index is 1.42. The molecule has 3 aliphatic rings. The number of amides is 1. The first-order valence-corrected chi connectivity index (χ1v) is 6.36. The van der Waals surface area contributed by atoms with Gasteiger partial charge in [-0.15, -0.1) is 0 Å². The Labute approximate surface area is 97.2 Å². The van der Waals surface area contributed by atoms with Crippen LogP contribution in [0.5, 0.6) is 0 Å². The Hall–Kier alpha value is -0.610. The number of likely N-dealkylation sites (tertiary alicyclic amines) is 3. The molecule has 1 spiro atoms. The van der Waals surface area contributed by atoms with E-state index in [1.807, 2.05) is 4.90 Å². The van der Waals surface area contributed by atoms with Gasteiger partial charge in [-0.05, 0) is 19.9 Å². The summed E-state index contributed by atoms with van der Waals surface area (Å²) in [6.45, 7) is 7.35. The zero-order valence-corrected chi connectivity index (χ0v) is 10.1. The maximum absolute atomic E-state index is 11.9. The van der Waals surface area contributed by atoms with E-state index in [2.05, 4.69) is 16.8 Å². The molecule has 1 amide bonds. The highest BCUT2D eigenvalue weighted by atomic mass is 16.2. The van der Waals surface area contributed by atoms with Crippen LogP contribution in [0.25, 0.3) is 0 Å². The third-order valence-corrected chi connectivity index (χ3v) is 4.15. The molecular formula is C12H21N3O. The van der Waals surface area contributed by atoms with Gasteiger partial charge in [-0.25, -0.2) is 0 Å². The average molecular weight is 223 g/mol. The van der Waals surface area contributed by atoms with Crippen LogP contribution in [0.1, 0.15) is 12.8 Å². The molecule has 0 aromatic rings. The molecule has 0 aromatic carbocycles.